The van der Waals surface area contributed by atoms with Gasteiger partial charge in [0, 0.05) is 36.1 Å². The number of pyridine rings is 1. The number of rotatable bonds is 4. The Labute approximate surface area is 169 Å². The quantitative estimate of drug-likeness (QED) is 0.721. The number of aromatic nitrogens is 1. The number of fused-ring (bicyclic) bond motifs is 1. The number of aliphatic hydroxyl groups is 1. The highest BCUT2D eigenvalue weighted by Crippen LogP contribution is 2.32. The van der Waals surface area contributed by atoms with E-state index < -0.39 is 6.10 Å². The van der Waals surface area contributed by atoms with Crippen molar-refractivity contribution in [1.82, 2.24) is 9.88 Å². The van der Waals surface area contributed by atoms with E-state index in [4.69, 9.17) is 11.6 Å². The fraction of sp³-hybridized carbons (Fsp3) is 0.304. The highest BCUT2D eigenvalue weighted by Gasteiger charge is 2.28. The molecule has 144 valence electrons. The number of piperidine rings is 1. The summed E-state index contributed by atoms with van der Waals surface area (Å²) >= 11 is 5.99. The van der Waals surface area contributed by atoms with E-state index in [0.29, 0.717) is 24.0 Å². The Hall–Kier alpha value is -2.43. The van der Waals surface area contributed by atoms with E-state index in [1.807, 2.05) is 36.5 Å². The molecule has 4 nitrogen and oxygen atoms in total. The van der Waals surface area contributed by atoms with Crippen LogP contribution in [-0.2, 0) is 11.2 Å². The molecule has 1 N–H and O–H groups in total. The van der Waals surface area contributed by atoms with E-state index in [2.05, 4.69) is 17.1 Å². The Morgan fingerprint density at radius 1 is 1.14 bits per heavy atom. The van der Waals surface area contributed by atoms with Crippen LogP contribution in [0.2, 0.25) is 5.02 Å². The zero-order chi connectivity index (χ0) is 19.5. The summed E-state index contributed by atoms with van der Waals surface area (Å²) in [4.78, 5) is 18.9. The lowest BCUT2D eigenvalue weighted by molar-refractivity contribution is -0.141. The summed E-state index contributed by atoms with van der Waals surface area (Å²) in [5.74, 6) is 0.208. The predicted octanol–water partition coefficient (Wildman–Crippen LogP) is 4.20. The zero-order valence-corrected chi connectivity index (χ0v) is 16.3. The van der Waals surface area contributed by atoms with Crippen molar-refractivity contribution in [2.24, 2.45) is 0 Å². The molecular weight excluding hydrogens is 372 g/mol. The Balaban J connectivity index is 1.40. The first-order chi connectivity index (χ1) is 13.6. The van der Waals surface area contributed by atoms with Gasteiger partial charge in [-0.15, -0.1) is 0 Å². The van der Waals surface area contributed by atoms with Gasteiger partial charge in [-0.25, -0.2) is 0 Å². The minimum absolute atomic E-state index is 0.196. The molecule has 2 aromatic carbocycles. The summed E-state index contributed by atoms with van der Waals surface area (Å²) in [6.45, 7) is 1.32. The second-order valence-corrected chi connectivity index (χ2v) is 7.80. The zero-order valence-electron chi connectivity index (χ0n) is 15.6. The summed E-state index contributed by atoms with van der Waals surface area (Å²) in [7, 11) is 0. The van der Waals surface area contributed by atoms with E-state index in [-0.39, 0.29) is 12.3 Å². The SMILES string of the molecule is O=C(C(O)Cc1cccc(Cl)c1)N1CCC(c2ccnc3ccccc23)CC1. The summed E-state index contributed by atoms with van der Waals surface area (Å²) in [5.41, 5.74) is 3.18. The number of nitrogens with zero attached hydrogens (tertiary/aromatic N) is 2. The monoisotopic (exact) mass is 394 g/mol. The van der Waals surface area contributed by atoms with Crippen molar-refractivity contribution in [3.8, 4) is 0 Å². The Morgan fingerprint density at radius 3 is 2.71 bits per heavy atom. The average molecular weight is 395 g/mol. The summed E-state index contributed by atoms with van der Waals surface area (Å²) in [6, 6.07) is 17.6. The second-order valence-electron chi connectivity index (χ2n) is 7.37. The number of amides is 1. The average Bonchev–Trinajstić information content (AvgIpc) is 2.73. The third-order valence-corrected chi connectivity index (χ3v) is 5.77. The van der Waals surface area contributed by atoms with Crippen molar-refractivity contribution in [2.45, 2.75) is 31.3 Å². The third-order valence-electron chi connectivity index (χ3n) is 5.53. The highest BCUT2D eigenvalue weighted by atomic mass is 35.5. The van der Waals surface area contributed by atoms with Gasteiger partial charge in [-0.1, -0.05) is 41.9 Å². The maximum atomic E-state index is 12.7. The lowest BCUT2D eigenvalue weighted by Gasteiger charge is -2.33. The number of benzene rings is 2. The molecule has 1 aliphatic heterocycles. The van der Waals surface area contributed by atoms with Crippen LogP contribution in [0.4, 0.5) is 0 Å². The van der Waals surface area contributed by atoms with E-state index in [9.17, 15) is 9.90 Å². The van der Waals surface area contributed by atoms with Crippen LogP contribution < -0.4 is 0 Å². The number of aliphatic hydroxyl groups excluding tert-OH is 1. The van der Waals surface area contributed by atoms with Crippen LogP contribution >= 0.6 is 11.6 Å². The Bertz CT molecular complexity index is 978. The number of carbonyl (C=O) groups excluding carboxylic acids is 1. The molecule has 1 saturated heterocycles. The van der Waals surface area contributed by atoms with Crippen LogP contribution in [-0.4, -0.2) is 40.1 Å². The number of hydrogen-bond acceptors (Lipinski definition) is 3. The van der Waals surface area contributed by atoms with Crippen LogP contribution in [0.25, 0.3) is 10.9 Å². The molecular formula is C23H23ClN2O2. The molecule has 2 heterocycles. The van der Waals surface area contributed by atoms with Crippen LogP contribution in [0, 0.1) is 0 Å². The number of likely N-dealkylation sites (tertiary alicyclic amines) is 1. The van der Waals surface area contributed by atoms with Gasteiger partial charge in [0.1, 0.15) is 6.10 Å². The Morgan fingerprint density at radius 2 is 1.93 bits per heavy atom. The predicted molar refractivity (Wildman–Crippen MR) is 111 cm³/mol. The van der Waals surface area contributed by atoms with Crippen molar-refractivity contribution >= 4 is 28.4 Å². The lowest BCUT2D eigenvalue weighted by atomic mass is 9.87. The van der Waals surface area contributed by atoms with Gasteiger partial charge in [0.25, 0.3) is 5.91 Å². The molecule has 0 bridgehead atoms. The number of hydrogen-bond donors (Lipinski definition) is 1. The van der Waals surface area contributed by atoms with Gasteiger partial charge >= 0.3 is 0 Å². The number of carbonyl (C=O) groups is 1. The number of para-hydroxylation sites is 1. The van der Waals surface area contributed by atoms with Crippen LogP contribution in [0.1, 0.15) is 29.9 Å². The molecule has 28 heavy (non-hydrogen) atoms. The van der Waals surface area contributed by atoms with Gasteiger partial charge in [-0.05, 0) is 54.2 Å². The molecule has 4 rings (SSSR count). The maximum absolute atomic E-state index is 12.7. The summed E-state index contributed by atoms with van der Waals surface area (Å²) in [5, 5.41) is 12.2. The van der Waals surface area contributed by atoms with Crippen molar-refractivity contribution in [3.63, 3.8) is 0 Å². The first-order valence-electron chi connectivity index (χ1n) is 9.67. The normalized spacial score (nSPS) is 16.3. The van der Waals surface area contributed by atoms with Gasteiger partial charge in [0.2, 0.25) is 0 Å². The molecule has 1 amide bonds. The third kappa shape index (κ3) is 4.03. The van der Waals surface area contributed by atoms with Crippen LogP contribution in [0.15, 0.2) is 60.8 Å². The fourth-order valence-corrected chi connectivity index (χ4v) is 4.28. The van der Waals surface area contributed by atoms with Gasteiger partial charge in [-0.2, -0.15) is 0 Å². The smallest absolute Gasteiger partial charge is 0.251 e. The van der Waals surface area contributed by atoms with Gasteiger partial charge in [-0.3, -0.25) is 9.78 Å². The largest absolute Gasteiger partial charge is 0.383 e. The van der Waals surface area contributed by atoms with E-state index in [1.54, 1.807) is 17.0 Å². The molecule has 0 spiro atoms. The summed E-state index contributed by atoms with van der Waals surface area (Å²) < 4.78 is 0. The molecule has 1 aromatic heterocycles. The van der Waals surface area contributed by atoms with E-state index >= 15 is 0 Å². The maximum Gasteiger partial charge on any atom is 0.251 e. The van der Waals surface area contributed by atoms with E-state index in [1.165, 1.54) is 10.9 Å². The molecule has 0 aliphatic carbocycles. The van der Waals surface area contributed by atoms with Crippen molar-refractivity contribution in [2.75, 3.05) is 13.1 Å². The van der Waals surface area contributed by atoms with Gasteiger partial charge < -0.3 is 10.0 Å². The molecule has 1 fully saturated rings. The first-order valence-corrected chi connectivity index (χ1v) is 10.0. The molecule has 0 saturated carbocycles. The van der Waals surface area contributed by atoms with E-state index in [0.717, 1.165) is 23.9 Å². The van der Waals surface area contributed by atoms with Crippen molar-refractivity contribution < 1.29 is 9.90 Å². The van der Waals surface area contributed by atoms with Gasteiger partial charge in [0.05, 0.1) is 5.52 Å². The Kier molecular flexibility index (Phi) is 5.60. The minimum atomic E-state index is -1.03. The fourth-order valence-electron chi connectivity index (χ4n) is 4.07. The minimum Gasteiger partial charge on any atom is -0.383 e. The lowest BCUT2D eigenvalue weighted by Crippen LogP contribution is -2.44. The molecule has 1 atom stereocenters. The second kappa shape index (κ2) is 8.29. The first kappa shape index (κ1) is 18.9. The van der Waals surface area contributed by atoms with Crippen molar-refractivity contribution in [1.29, 1.82) is 0 Å². The standard InChI is InChI=1S/C23H23ClN2O2/c24-18-5-3-4-16(14-18)15-22(27)23(28)26-12-9-17(10-13-26)19-8-11-25-21-7-2-1-6-20(19)21/h1-8,11,14,17,22,27H,9-10,12-13,15H2. The molecule has 1 aliphatic rings. The molecule has 3 aromatic rings. The van der Waals surface area contributed by atoms with Gasteiger partial charge in [0.15, 0.2) is 0 Å². The highest BCUT2D eigenvalue weighted by molar-refractivity contribution is 6.30. The summed E-state index contributed by atoms with van der Waals surface area (Å²) in [6.07, 6.45) is 2.91. The molecule has 1 unspecified atom stereocenters. The van der Waals surface area contributed by atoms with Crippen LogP contribution in [0.3, 0.4) is 0 Å². The topological polar surface area (TPSA) is 53.4 Å². The molecule has 5 heteroatoms. The number of halogens is 1. The molecule has 0 radical (unpaired) electrons. The van der Waals surface area contributed by atoms with Crippen LogP contribution in [0.5, 0.6) is 0 Å². The van der Waals surface area contributed by atoms with Crippen molar-refractivity contribution in [3.05, 3.63) is 76.9 Å².